The van der Waals surface area contributed by atoms with E-state index in [0.717, 1.165) is 135 Å². The number of nitrogens with zero attached hydrogens (tertiary/aromatic N) is 4. The Morgan fingerprint density at radius 3 is 0.719 bits per heavy atom. The quantitative estimate of drug-likeness (QED) is 0.0683. The smallest absolute Gasteiger partial charge is 0.184 e. The highest BCUT2D eigenvalue weighted by atomic mass is 35.5. The van der Waals surface area contributed by atoms with E-state index in [1.807, 2.05) is 59.1 Å². The topological polar surface area (TPSA) is 93.2 Å². The minimum Gasteiger partial charge on any atom is -0.381 e. The second kappa shape index (κ2) is 38.2. The molecule has 3 fully saturated rings. The Kier molecular flexibility index (Phi) is 25.8. The van der Waals surface area contributed by atoms with Crippen LogP contribution in [-0.2, 0) is 23.7 Å². The summed E-state index contributed by atoms with van der Waals surface area (Å²) in [5.74, 6) is 0. The Balaban J connectivity index is 0.000000163. The number of hydrogen-bond donors (Lipinski definition) is 0. The molecule has 638 valence electrons. The van der Waals surface area contributed by atoms with E-state index in [1.165, 1.54) is 109 Å². The zero-order valence-electron chi connectivity index (χ0n) is 72.7. The van der Waals surface area contributed by atoms with Crippen molar-refractivity contribution in [1.29, 1.82) is 0 Å². The van der Waals surface area contributed by atoms with Crippen molar-refractivity contribution in [2.75, 3.05) is 59.2 Å². The average Bonchev–Trinajstić information content (AvgIpc) is 1.55. The van der Waals surface area contributed by atoms with Crippen LogP contribution in [0.3, 0.4) is 0 Å². The van der Waals surface area contributed by atoms with Crippen LogP contribution in [0.25, 0.3) is 84.9 Å². The van der Waals surface area contributed by atoms with E-state index >= 15 is 0 Å². The second-order valence-electron chi connectivity index (χ2n) is 33.1. The molecule has 21 rings (SSSR count). The van der Waals surface area contributed by atoms with Gasteiger partial charge in [-0.25, -0.2) is 0 Å². The number of halogens is 1. The molecule has 0 unspecified atom stereocenters. The summed E-state index contributed by atoms with van der Waals surface area (Å²) in [6.45, 7) is 21.6. The van der Waals surface area contributed by atoms with Gasteiger partial charge in [0, 0.05) is 144 Å². The Morgan fingerprint density at radius 1 is 0.258 bits per heavy atom. The molecule has 14 aromatic carbocycles. The van der Waals surface area contributed by atoms with Crippen molar-refractivity contribution in [1.82, 2.24) is 0 Å². The van der Waals surface area contributed by atoms with Crippen molar-refractivity contribution in [3.8, 4) is 44.5 Å². The van der Waals surface area contributed by atoms with E-state index < -0.39 is 0 Å². The standard InChI is InChI=1S/C56H48N2O4S2.C52H40N2O2S2.C4H8O.ClH/c1-35-11-5-15-39(27-35)51-47-33-49(57(43-19-7-13-37(3)29-43)45-21-9-17-41(31-45)55-59-23-24-60-55)64-54(47)52(40-16-6-12-36(2)28-40)48-34-50(63-53(48)51)58(44-20-8-14-38(4)30-44)46-22-10-18-42(32-46)56-61-25-26-62-56;1-33-11-5-17-39(23-33)49-45-29-47(53(41-19-7-13-35(3)25-41)43-21-9-15-37(27-43)31-55)58-52(45)50(40-18-6-12-34(2)24-40)46-30-48(57-51(46)49)54(42-20-8-14-36(4)26-42)44-22-10-16-38(28-44)32-56;1-2-4-5-3-1;/h5-22,27-34,55-56H,23-26H2,1-4H3;5-32H,1-4H3;1-4H2;1H. The van der Waals surface area contributed by atoms with Gasteiger partial charge in [-0.1, -0.05) is 216 Å². The summed E-state index contributed by atoms with van der Waals surface area (Å²) in [4.78, 5) is 33.5. The molecule has 0 radical (unpaired) electrons. The van der Waals surface area contributed by atoms with Crippen LogP contribution in [-0.4, -0.2) is 52.2 Å². The highest BCUT2D eigenvalue weighted by Gasteiger charge is 2.32. The molecule has 0 amide bonds. The maximum absolute atomic E-state index is 12.1. The molecule has 0 atom stereocenters. The van der Waals surface area contributed by atoms with Gasteiger partial charge in [0.1, 0.15) is 32.6 Å². The van der Waals surface area contributed by atoms with Gasteiger partial charge in [0.2, 0.25) is 0 Å². The predicted octanol–water partition coefficient (Wildman–Crippen LogP) is 32.2. The molecule has 7 heterocycles. The van der Waals surface area contributed by atoms with E-state index in [0.29, 0.717) is 37.6 Å². The second-order valence-corrected chi connectivity index (χ2v) is 37.2. The zero-order valence-corrected chi connectivity index (χ0v) is 76.8. The van der Waals surface area contributed by atoms with Crippen LogP contribution in [0.15, 0.2) is 315 Å². The highest BCUT2D eigenvalue weighted by Crippen LogP contribution is 2.59. The van der Waals surface area contributed by atoms with Crippen LogP contribution >= 0.6 is 57.8 Å². The SMILES string of the molecule is C1CCOC1.Cc1cccc(-c2c3cc(N(c4cccc(C)c4)c4cccc(C5OCCO5)c4)sc3c(-c3cccc(C)c3)c3cc(N(c4cccc(C)c4)c4cccc(C5OCCO5)c4)sc23)c1.Cc1cccc(-c2c3cc(N(c4cccc(C)c4)c4cccc(C=O)c4)sc3c(-c3cccc(C)c3)c3cc(N(c4cccc(C)c4)c4cccc(C=O)c4)sc23)c1.Cl. The van der Waals surface area contributed by atoms with Gasteiger partial charge in [-0.2, -0.15) is 0 Å². The fourth-order valence-corrected chi connectivity index (χ4v) is 22.8. The molecule has 0 spiro atoms. The number of thiophene rings is 4. The molecule has 0 N–H and O–H groups in total. The molecule has 4 aromatic heterocycles. The molecule has 16 heteroatoms. The largest absolute Gasteiger partial charge is 0.381 e. The zero-order chi connectivity index (χ0) is 86.8. The summed E-state index contributed by atoms with van der Waals surface area (Å²) < 4.78 is 33.8. The van der Waals surface area contributed by atoms with E-state index in [9.17, 15) is 9.59 Å². The Labute approximate surface area is 770 Å². The Hall–Kier alpha value is -12.5. The van der Waals surface area contributed by atoms with Gasteiger partial charge >= 0.3 is 0 Å². The molecule has 0 saturated carbocycles. The third kappa shape index (κ3) is 18.0. The van der Waals surface area contributed by atoms with Crippen LogP contribution in [0.2, 0.25) is 0 Å². The molecule has 3 saturated heterocycles. The summed E-state index contributed by atoms with van der Waals surface area (Å²) in [5, 5.41) is 9.13. The van der Waals surface area contributed by atoms with Crippen molar-refractivity contribution in [3.63, 3.8) is 0 Å². The van der Waals surface area contributed by atoms with Gasteiger partial charge in [-0.15, -0.1) is 57.8 Å². The van der Waals surface area contributed by atoms with Crippen LogP contribution in [0, 0.1) is 55.4 Å². The molecule has 11 nitrogen and oxygen atoms in total. The van der Waals surface area contributed by atoms with E-state index in [1.54, 1.807) is 22.7 Å². The van der Waals surface area contributed by atoms with Crippen LogP contribution in [0.5, 0.6) is 0 Å². The first kappa shape index (κ1) is 86.3. The van der Waals surface area contributed by atoms with Gasteiger partial charge < -0.3 is 43.3 Å². The van der Waals surface area contributed by atoms with Crippen LogP contribution in [0.4, 0.5) is 65.5 Å². The molecule has 128 heavy (non-hydrogen) atoms. The lowest BCUT2D eigenvalue weighted by Gasteiger charge is -2.25. The molecule has 3 aliphatic heterocycles. The minimum absolute atomic E-state index is 0. The fraction of sp³-hybridized carbons (Fsp3) is 0.161. The molecule has 3 aliphatic rings. The number of hydrogen-bond acceptors (Lipinski definition) is 15. The molecular weight excluding hydrogens is 1680 g/mol. The number of ether oxygens (including phenoxy) is 5. The summed E-state index contributed by atoms with van der Waals surface area (Å²) in [7, 11) is 0. The summed E-state index contributed by atoms with van der Waals surface area (Å²) in [6.07, 6.45) is 3.62. The van der Waals surface area contributed by atoms with Crippen LogP contribution < -0.4 is 19.6 Å². The monoisotopic (exact) mass is 1770 g/mol. The van der Waals surface area contributed by atoms with Crippen molar-refractivity contribution in [3.05, 3.63) is 382 Å². The normalized spacial score (nSPS) is 13.3. The molecular formula is C112H97ClN4O7S4. The molecule has 18 aromatic rings. The van der Waals surface area contributed by atoms with Crippen molar-refractivity contribution in [2.45, 2.75) is 80.8 Å². The minimum atomic E-state index is -0.380. The average molecular weight is 1770 g/mol. The fourth-order valence-electron chi connectivity index (χ4n) is 17.7. The number of carbonyl (C=O) groups excluding carboxylic acids is 2. The van der Waals surface area contributed by atoms with Gasteiger partial charge in [0.15, 0.2) is 12.6 Å². The third-order valence-corrected chi connectivity index (χ3v) is 28.0. The maximum atomic E-state index is 12.1. The molecule has 0 aliphatic carbocycles. The maximum Gasteiger partial charge on any atom is 0.184 e. The number of aryl methyl sites for hydroxylation is 8. The van der Waals surface area contributed by atoms with Crippen molar-refractivity contribution >= 4 is 176 Å². The number of benzene rings is 14. The van der Waals surface area contributed by atoms with E-state index in [-0.39, 0.29) is 25.0 Å². The van der Waals surface area contributed by atoms with Crippen molar-refractivity contribution < 1.29 is 33.3 Å². The van der Waals surface area contributed by atoms with Gasteiger partial charge in [0.05, 0.1) is 26.4 Å². The lowest BCUT2D eigenvalue weighted by molar-refractivity contribution is -0.0442. The van der Waals surface area contributed by atoms with Gasteiger partial charge in [-0.05, 0) is 234 Å². The Morgan fingerprint density at radius 2 is 0.484 bits per heavy atom. The first-order valence-electron chi connectivity index (χ1n) is 43.3. The van der Waals surface area contributed by atoms with Gasteiger partial charge in [0.25, 0.3) is 0 Å². The number of carbonyl (C=O) groups is 2. The molecule has 0 bridgehead atoms. The number of anilines is 12. The first-order valence-corrected chi connectivity index (χ1v) is 46.5. The summed E-state index contributed by atoms with van der Waals surface area (Å²) in [5.41, 5.74) is 30.5. The lowest BCUT2D eigenvalue weighted by Crippen LogP contribution is -2.09. The number of aldehydes is 2. The third-order valence-electron chi connectivity index (χ3n) is 23.4. The van der Waals surface area contributed by atoms with Crippen molar-refractivity contribution in [2.24, 2.45) is 0 Å². The number of rotatable bonds is 20. The van der Waals surface area contributed by atoms with E-state index in [2.05, 4.69) is 354 Å². The van der Waals surface area contributed by atoms with Crippen LogP contribution in [0.1, 0.15) is 102 Å². The lowest BCUT2D eigenvalue weighted by atomic mass is 9.92. The van der Waals surface area contributed by atoms with Gasteiger partial charge in [-0.3, -0.25) is 9.59 Å². The Bertz CT molecular complexity index is 6620. The number of fused-ring (bicyclic) bond motifs is 4. The highest BCUT2D eigenvalue weighted by molar-refractivity contribution is 7.26. The summed E-state index contributed by atoms with van der Waals surface area (Å²) >= 11 is 7.25. The van der Waals surface area contributed by atoms with E-state index in [4.69, 9.17) is 23.7 Å². The predicted molar refractivity (Wildman–Crippen MR) is 540 cm³/mol. The first-order chi connectivity index (χ1) is 62.1. The summed E-state index contributed by atoms with van der Waals surface area (Å²) in [6, 6.07) is 113.